The summed E-state index contributed by atoms with van der Waals surface area (Å²) >= 11 is 11.9. The van der Waals surface area contributed by atoms with E-state index in [4.69, 9.17) is 27.7 Å². The van der Waals surface area contributed by atoms with E-state index in [9.17, 15) is 4.79 Å². The second-order valence-corrected chi connectivity index (χ2v) is 5.89. The monoisotopic (exact) mass is 361 g/mol. The number of carbonyl (C=O) groups excluding carboxylic acids is 1. The molecule has 122 valence electrons. The zero-order valence-corrected chi connectivity index (χ0v) is 14.0. The molecule has 3 aromatic rings. The fraction of sp³-hybridized carbons (Fsp3) is 0.118. The van der Waals surface area contributed by atoms with Crippen molar-refractivity contribution in [3.8, 4) is 11.4 Å². The molecule has 0 aliphatic heterocycles. The molecule has 1 aromatic heterocycles. The zero-order chi connectivity index (χ0) is 16.9. The molecule has 3 rings (SSSR count). The van der Waals surface area contributed by atoms with E-state index in [1.54, 1.807) is 36.4 Å². The van der Waals surface area contributed by atoms with Crippen LogP contribution >= 0.6 is 23.2 Å². The molecule has 5 nitrogen and oxygen atoms in total. The predicted molar refractivity (Wildman–Crippen MR) is 93.1 cm³/mol. The number of amides is 1. The van der Waals surface area contributed by atoms with Crippen LogP contribution in [-0.4, -0.2) is 16.0 Å². The van der Waals surface area contributed by atoms with Gasteiger partial charge < -0.3 is 9.84 Å². The van der Waals surface area contributed by atoms with E-state index in [1.807, 2.05) is 12.1 Å². The third kappa shape index (κ3) is 4.13. The SMILES string of the molecule is O=C(CCc1nc(-c2cccc(Cl)c2)no1)Nc1ccccc1Cl. The molecule has 0 radical (unpaired) electrons. The summed E-state index contributed by atoms with van der Waals surface area (Å²) in [4.78, 5) is 16.3. The minimum absolute atomic E-state index is 0.175. The van der Waals surface area contributed by atoms with Crippen LogP contribution in [0.25, 0.3) is 11.4 Å². The summed E-state index contributed by atoms with van der Waals surface area (Å²) < 4.78 is 5.17. The number of aromatic nitrogens is 2. The molecular weight excluding hydrogens is 349 g/mol. The van der Waals surface area contributed by atoms with Gasteiger partial charge in [-0.05, 0) is 24.3 Å². The number of para-hydroxylation sites is 1. The van der Waals surface area contributed by atoms with E-state index in [-0.39, 0.29) is 12.3 Å². The summed E-state index contributed by atoms with van der Waals surface area (Å²) in [6.45, 7) is 0. The molecule has 0 atom stereocenters. The molecule has 1 N–H and O–H groups in total. The highest BCUT2D eigenvalue weighted by Crippen LogP contribution is 2.22. The third-order valence-electron chi connectivity index (χ3n) is 3.26. The van der Waals surface area contributed by atoms with E-state index < -0.39 is 0 Å². The maximum atomic E-state index is 12.0. The van der Waals surface area contributed by atoms with Crippen LogP contribution in [0.15, 0.2) is 53.1 Å². The van der Waals surface area contributed by atoms with Gasteiger partial charge in [-0.3, -0.25) is 4.79 Å². The van der Waals surface area contributed by atoms with E-state index in [0.29, 0.717) is 33.9 Å². The molecular formula is C17H13Cl2N3O2. The van der Waals surface area contributed by atoms with Gasteiger partial charge in [0, 0.05) is 23.4 Å². The van der Waals surface area contributed by atoms with Crippen LogP contribution < -0.4 is 5.32 Å². The first-order chi connectivity index (χ1) is 11.6. The van der Waals surface area contributed by atoms with Crippen molar-refractivity contribution in [1.82, 2.24) is 10.1 Å². The molecule has 1 amide bonds. The van der Waals surface area contributed by atoms with Crippen molar-refractivity contribution in [1.29, 1.82) is 0 Å². The van der Waals surface area contributed by atoms with Crippen molar-refractivity contribution in [3.63, 3.8) is 0 Å². The van der Waals surface area contributed by atoms with Gasteiger partial charge in [0.25, 0.3) is 0 Å². The Bertz CT molecular complexity index is 864. The minimum Gasteiger partial charge on any atom is -0.339 e. The molecule has 0 unspecified atom stereocenters. The average Bonchev–Trinajstić information content (AvgIpc) is 3.04. The maximum absolute atomic E-state index is 12.0. The molecule has 0 spiro atoms. The van der Waals surface area contributed by atoms with Gasteiger partial charge in [0.2, 0.25) is 17.6 Å². The number of hydrogen-bond donors (Lipinski definition) is 1. The Balaban J connectivity index is 1.59. The van der Waals surface area contributed by atoms with Crippen molar-refractivity contribution in [2.75, 3.05) is 5.32 Å². The van der Waals surface area contributed by atoms with Crippen LogP contribution in [0.3, 0.4) is 0 Å². The lowest BCUT2D eigenvalue weighted by atomic mass is 10.2. The lowest BCUT2D eigenvalue weighted by molar-refractivity contribution is -0.116. The summed E-state index contributed by atoms with van der Waals surface area (Å²) in [7, 11) is 0. The molecule has 7 heteroatoms. The van der Waals surface area contributed by atoms with Crippen LogP contribution in [0.4, 0.5) is 5.69 Å². The van der Waals surface area contributed by atoms with E-state index in [1.165, 1.54) is 0 Å². The molecule has 0 saturated carbocycles. The Morgan fingerprint density at radius 1 is 1.12 bits per heavy atom. The molecule has 1 heterocycles. The molecule has 0 aliphatic carbocycles. The molecule has 0 bridgehead atoms. The zero-order valence-electron chi connectivity index (χ0n) is 12.5. The summed E-state index contributed by atoms with van der Waals surface area (Å²) in [5.41, 5.74) is 1.34. The van der Waals surface area contributed by atoms with Gasteiger partial charge in [-0.2, -0.15) is 4.98 Å². The summed E-state index contributed by atoms with van der Waals surface area (Å²) in [5.74, 6) is 0.656. The standard InChI is InChI=1S/C17H13Cl2N3O2/c18-12-5-3-4-11(10-12)17-21-16(24-22-17)9-8-15(23)20-14-7-2-1-6-13(14)19/h1-7,10H,8-9H2,(H,20,23). The number of aryl methyl sites for hydroxylation is 1. The Morgan fingerprint density at radius 3 is 2.75 bits per heavy atom. The lowest BCUT2D eigenvalue weighted by Gasteiger charge is -2.05. The molecule has 0 aliphatic rings. The molecule has 2 aromatic carbocycles. The van der Waals surface area contributed by atoms with Crippen LogP contribution in [0, 0.1) is 0 Å². The van der Waals surface area contributed by atoms with Crippen molar-refractivity contribution >= 4 is 34.8 Å². The van der Waals surface area contributed by atoms with Gasteiger partial charge in [0.1, 0.15) is 0 Å². The first-order valence-corrected chi connectivity index (χ1v) is 8.00. The summed E-state index contributed by atoms with van der Waals surface area (Å²) in [5, 5.41) is 7.74. The van der Waals surface area contributed by atoms with Crippen LogP contribution in [0.5, 0.6) is 0 Å². The summed E-state index contributed by atoms with van der Waals surface area (Å²) in [6, 6.07) is 14.2. The topological polar surface area (TPSA) is 68.0 Å². The van der Waals surface area contributed by atoms with Crippen LogP contribution in [0.1, 0.15) is 12.3 Å². The van der Waals surface area contributed by atoms with Gasteiger partial charge in [-0.1, -0.05) is 52.6 Å². The maximum Gasteiger partial charge on any atom is 0.227 e. The Labute approximate surface area is 148 Å². The largest absolute Gasteiger partial charge is 0.339 e. The average molecular weight is 362 g/mol. The van der Waals surface area contributed by atoms with Crippen molar-refractivity contribution in [2.24, 2.45) is 0 Å². The van der Waals surface area contributed by atoms with E-state index >= 15 is 0 Å². The van der Waals surface area contributed by atoms with Crippen molar-refractivity contribution in [2.45, 2.75) is 12.8 Å². The second-order valence-electron chi connectivity index (χ2n) is 5.05. The van der Waals surface area contributed by atoms with Crippen LogP contribution in [-0.2, 0) is 11.2 Å². The quantitative estimate of drug-likeness (QED) is 0.719. The second kappa shape index (κ2) is 7.47. The highest BCUT2D eigenvalue weighted by atomic mass is 35.5. The van der Waals surface area contributed by atoms with Crippen molar-refractivity contribution in [3.05, 3.63) is 64.5 Å². The van der Waals surface area contributed by atoms with E-state index in [2.05, 4.69) is 15.5 Å². The first kappa shape index (κ1) is 16.5. The number of halogens is 2. The van der Waals surface area contributed by atoms with Gasteiger partial charge >= 0.3 is 0 Å². The van der Waals surface area contributed by atoms with Gasteiger partial charge in [-0.25, -0.2) is 0 Å². The summed E-state index contributed by atoms with van der Waals surface area (Å²) in [6.07, 6.45) is 0.548. The smallest absolute Gasteiger partial charge is 0.227 e. The number of nitrogens with one attached hydrogen (secondary N) is 1. The van der Waals surface area contributed by atoms with Gasteiger partial charge in [-0.15, -0.1) is 0 Å². The Kier molecular flexibility index (Phi) is 5.13. The van der Waals surface area contributed by atoms with Gasteiger partial charge in [0.15, 0.2) is 0 Å². The number of nitrogens with zero attached hydrogens (tertiary/aromatic N) is 2. The molecule has 0 saturated heterocycles. The number of rotatable bonds is 5. The first-order valence-electron chi connectivity index (χ1n) is 7.25. The molecule has 24 heavy (non-hydrogen) atoms. The number of hydrogen-bond acceptors (Lipinski definition) is 4. The Morgan fingerprint density at radius 2 is 1.96 bits per heavy atom. The number of carbonyl (C=O) groups is 1. The van der Waals surface area contributed by atoms with Crippen molar-refractivity contribution < 1.29 is 9.32 Å². The normalized spacial score (nSPS) is 10.6. The number of benzene rings is 2. The highest BCUT2D eigenvalue weighted by molar-refractivity contribution is 6.33. The number of anilines is 1. The molecule has 0 fully saturated rings. The fourth-order valence-corrected chi connectivity index (χ4v) is 2.47. The lowest BCUT2D eigenvalue weighted by Crippen LogP contribution is -2.12. The minimum atomic E-state index is -0.175. The van der Waals surface area contributed by atoms with E-state index in [0.717, 1.165) is 5.56 Å². The van der Waals surface area contributed by atoms with Crippen LogP contribution in [0.2, 0.25) is 10.0 Å². The third-order valence-corrected chi connectivity index (χ3v) is 3.83. The predicted octanol–water partition coefficient (Wildman–Crippen LogP) is 4.61. The Hall–Kier alpha value is -2.37. The highest BCUT2D eigenvalue weighted by Gasteiger charge is 2.11. The van der Waals surface area contributed by atoms with Gasteiger partial charge in [0.05, 0.1) is 10.7 Å². The fourth-order valence-electron chi connectivity index (χ4n) is 2.10.